The molecule has 1 saturated heterocycles. The van der Waals surface area contributed by atoms with Crippen LogP contribution in [0.15, 0.2) is 30.9 Å². The third-order valence-corrected chi connectivity index (χ3v) is 3.82. The molecule has 1 aliphatic heterocycles. The Morgan fingerprint density at radius 3 is 3.04 bits per heavy atom. The van der Waals surface area contributed by atoms with Gasteiger partial charge >= 0.3 is 0 Å². The van der Waals surface area contributed by atoms with Crippen LogP contribution in [0.4, 0.5) is 0 Å². The van der Waals surface area contributed by atoms with Gasteiger partial charge in [0.05, 0.1) is 13.7 Å². The minimum atomic E-state index is -0.209. The molecule has 2 rings (SSSR count). The number of Topliss-reactive ketones (excluding diaryl/α,β-unsaturated/α-hetero) is 1. The van der Waals surface area contributed by atoms with Crippen LogP contribution in [-0.4, -0.2) is 32.4 Å². The van der Waals surface area contributed by atoms with Crippen molar-refractivity contribution in [3.63, 3.8) is 0 Å². The minimum absolute atomic E-state index is 0.117. The third kappa shape index (κ3) is 5.23. The average Bonchev–Trinajstić information content (AvgIpc) is 2.62. The van der Waals surface area contributed by atoms with E-state index in [1.54, 1.807) is 25.3 Å². The van der Waals surface area contributed by atoms with Crippen LogP contribution < -0.4 is 4.74 Å². The highest BCUT2D eigenvalue weighted by atomic mass is 16.7. The number of ketones is 1. The fourth-order valence-electron chi connectivity index (χ4n) is 2.62. The van der Waals surface area contributed by atoms with Gasteiger partial charge in [-0.25, -0.2) is 0 Å². The van der Waals surface area contributed by atoms with Crippen LogP contribution in [0.1, 0.15) is 41.6 Å². The lowest BCUT2D eigenvalue weighted by atomic mass is 10.00. The number of hydrogen-bond donors (Lipinski definition) is 0. The number of ether oxygens (including phenoxy) is 3. The van der Waals surface area contributed by atoms with E-state index in [0.29, 0.717) is 30.8 Å². The molecule has 1 aliphatic rings. The monoisotopic (exact) mass is 328 g/mol. The minimum Gasteiger partial charge on any atom is -0.496 e. The summed E-state index contributed by atoms with van der Waals surface area (Å²) in [6.07, 6.45) is 5.87. The maximum atomic E-state index is 12.3. The van der Waals surface area contributed by atoms with Gasteiger partial charge in [-0.15, -0.1) is 6.58 Å². The molecule has 1 fully saturated rings. The predicted molar refractivity (Wildman–Crippen MR) is 93.2 cm³/mol. The molecule has 1 heterocycles. The van der Waals surface area contributed by atoms with Crippen LogP contribution in [0.25, 0.3) is 0 Å². The summed E-state index contributed by atoms with van der Waals surface area (Å²) in [5, 5.41) is 0. The molecule has 4 heteroatoms. The Hall–Kier alpha value is -2.09. The SMILES string of the molecule is C=CCc1c(OC)cccc1C(=O)C#CCCOC1CCCCO1. The molecular weight excluding hydrogens is 304 g/mol. The van der Waals surface area contributed by atoms with E-state index in [2.05, 4.69) is 18.4 Å². The Morgan fingerprint density at radius 2 is 2.33 bits per heavy atom. The van der Waals surface area contributed by atoms with E-state index < -0.39 is 0 Å². The van der Waals surface area contributed by atoms with E-state index in [4.69, 9.17) is 14.2 Å². The smallest absolute Gasteiger partial charge is 0.236 e. The topological polar surface area (TPSA) is 44.8 Å². The van der Waals surface area contributed by atoms with Gasteiger partial charge in [0.2, 0.25) is 5.78 Å². The summed E-state index contributed by atoms with van der Waals surface area (Å²) in [7, 11) is 1.59. The van der Waals surface area contributed by atoms with Crippen molar-refractivity contribution in [1.29, 1.82) is 0 Å². The van der Waals surface area contributed by atoms with E-state index in [9.17, 15) is 4.79 Å². The number of hydrogen-bond acceptors (Lipinski definition) is 4. The fraction of sp³-hybridized carbons (Fsp3) is 0.450. The summed E-state index contributed by atoms with van der Waals surface area (Å²) in [4.78, 5) is 12.3. The van der Waals surface area contributed by atoms with Crippen molar-refractivity contribution in [2.75, 3.05) is 20.3 Å². The van der Waals surface area contributed by atoms with Gasteiger partial charge < -0.3 is 14.2 Å². The Bertz CT molecular complexity index is 618. The van der Waals surface area contributed by atoms with E-state index in [1.807, 2.05) is 6.07 Å². The zero-order valence-corrected chi connectivity index (χ0v) is 14.2. The number of benzene rings is 1. The molecule has 0 N–H and O–H groups in total. The molecule has 24 heavy (non-hydrogen) atoms. The maximum absolute atomic E-state index is 12.3. The van der Waals surface area contributed by atoms with Gasteiger partial charge in [-0.05, 0) is 43.7 Å². The summed E-state index contributed by atoms with van der Waals surface area (Å²) in [5.41, 5.74) is 1.39. The second-order valence-electron chi connectivity index (χ2n) is 5.53. The van der Waals surface area contributed by atoms with E-state index >= 15 is 0 Å². The zero-order valence-electron chi connectivity index (χ0n) is 14.2. The Balaban J connectivity index is 1.91. The van der Waals surface area contributed by atoms with Crippen molar-refractivity contribution < 1.29 is 19.0 Å². The molecule has 1 atom stereocenters. The average molecular weight is 328 g/mol. The number of methoxy groups -OCH3 is 1. The van der Waals surface area contributed by atoms with Crippen LogP contribution in [0.2, 0.25) is 0 Å². The van der Waals surface area contributed by atoms with E-state index in [0.717, 1.165) is 31.4 Å². The first-order chi connectivity index (χ1) is 11.8. The predicted octanol–water partition coefficient (Wildman–Crippen LogP) is 3.54. The lowest BCUT2D eigenvalue weighted by Gasteiger charge is -2.22. The number of rotatable bonds is 7. The van der Waals surface area contributed by atoms with Crippen LogP contribution >= 0.6 is 0 Å². The van der Waals surface area contributed by atoms with Gasteiger partial charge in [0.15, 0.2) is 6.29 Å². The lowest BCUT2D eigenvalue weighted by molar-refractivity contribution is -0.161. The van der Waals surface area contributed by atoms with Gasteiger partial charge in [0.1, 0.15) is 5.75 Å². The first-order valence-electron chi connectivity index (χ1n) is 8.29. The highest BCUT2D eigenvalue weighted by molar-refractivity contribution is 6.10. The van der Waals surface area contributed by atoms with Gasteiger partial charge in [-0.3, -0.25) is 4.79 Å². The normalized spacial score (nSPS) is 16.8. The van der Waals surface area contributed by atoms with E-state index in [1.165, 1.54) is 0 Å². The van der Waals surface area contributed by atoms with Gasteiger partial charge in [-0.1, -0.05) is 18.1 Å². The molecule has 0 spiro atoms. The van der Waals surface area contributed by atoms with Crippen LogP contribution in [-0.2, 0) is 15.9 Å². The zero-order chi connectivity index (χ0) is 17.2. The van der Waals surface area contributed by atoms with Crippen LogP contribution in [0, 0.1) is 11.8 Å². The summed E-state index contributed by atoms with van der Waals surface area (Å²) in [6, 6.07) is 5.40. The largest absolute Gasteiger partial charge is 0.496 e. The summed E-state index contributed by atoms with van der Waals surface area (Å²) in [6.45, 7) is 4.97. The van der Waals surface area contributed by atoms with Gasteiger partial charge in [0.25, 0.3) is 0 Å². The van der Waals surface area contributed by atoms with Crippen molar-refractivity contribution in [3.8, 4) is 17.6 Å². The Kier molecular flexibility index (Phi) is 7.54. The Morgan fingerprint density at radius 1 is 1.46 bits per heavy atom. The standard InChI is InChI=1S/C20H24O4/c1-3-9-17-16(10-8-12-19(17)22-2)18(21)11-4-6-14-23-20-13-5-7-15-24-20/h3,8,10,12,20H,1,5-7,9,13-15H2,2H3. The van der Waals surface area contributed by atoms with Crippen molar-refractivity contribution in [3.05, 3.63) is 42.0 Å². The first kappa shape index (κ1) is 18.3. The van der Waals surface area contributed by atoms with Gasteiger partial charge in [0, 0.05) is 24.2 Å². The molecule has 1 unspecified atom stereocenters. The van der Waals surface area contributed by atoms with Crippen molar-refractivity contribution in [2.45, 2.75) is 38.4 Å². The first-order valence-corrected chi connectivity index (χ1v) is 8.29. The molecule has 1 aromatic rings. The second kappa shape index (κ2) is 9.92. The molecule has 128 valence electrons. The lowest BCUT2D eigenvalue weighted by Crippen LogP contribution is -2.22. The van der Waals surface area contributed by atoms with Gasteiger partial charge in [-0.2, -0.15) is 0 Å². The molecule has 4 nitrogen and oxygen atoms in total. The maximum Gasteiger partial charge on any atom is 0.236 e. The second-order valence-corrected chi connectivity index (χ2v) is 5.53. The molecule has 0 bridgehead atoms. The van der Waals surface area contributed by atoms with Crippen molar-refractivity contribution >= 4 is 5.78 Å². The molecule has 0 aliphatic carbocycles. The molecule has 0 aromatic heterocycles. The van der Waals surface area contributed by atoms with E-state index in [-0.39, 0.29) is 12.1 Å². The number of allylic oxidation sites excluding steroid dienone is 1. The molecule has 0 radical (unpaired) electrons. The van der Waals surface area contributed by atoms with Crippen LogP contribution in [0.5, 0.6) is 5.75 Å². The summed E-state index contributed by atoms with van der Waals surface area (Å²) in [5.74, 6) is 6.04. The summed E-state index contributed by atoms with van der Waals surface area (Å²) >= 11 is 0. The third-order valence-electron chi connectivity index (χ3n) is 3.82. The number of carbonyl (C=O) groups excluding carboxylic acids is 1. The highest BCUT2D eigenvalue weighted by Gasteiger charge is 2.14. The van der Waals surface area contributed by atoms with Crippen LogP contribution in [0.3, 0.4) is 0 Å². The number of carbonyl (C=O) groups is 1. The molecule has 1 aromatic carbocycles. The quantitative estimate of drug-likeness (QED) is 0.252. The molecular formula is C20H24O4. The van der Waals surface area contributed by atoms with Crippen molar-refractivity contribution in [1.82, 2.24) is 0 Å². The Labute approximate surface area is 143 Å². The van der Waals surface area contributed by atoms with Crippen molar-refractivity contribution in [2.24, 2.45) is 0 Å². The fourth-order valence-corrected chi connectivity index (χ4v) is 2.62. The highest BCUT2D eigenvalue weighted by Crippen LogP contribution is 2.23. The molecule has 0 amide bonds. The summed E-state index contributed by atoms with van der Waals surface area (Å²) < 4.78 is 16.4. The molecule has 0 saturated carbocycles.